The number of aromatic nitrogens is 5. The molecule has 0 aliphatic rings. The fraction of sp³-hybridized carbons (Fsp3) is 0.167. The van der Waals surface area contributed by atoms with Crippen LogP contribution in [0.4, 0.5) is 5.13 Å². The van der Waals surface area contributed by atoms with Crippen LogP contribution in [0.25, 0.3) is 0 Å². The molecule has 0 atom stereocenters. The first-order chi connectivity index (χ1) is 8.15. The van der Waals surface area contributed by atoms with Crippen molar-refractivity contribution in [1.82, 2.24) is 25.2 Å². The van der Waals surface area contributed by atoms with Crippen molar-refractivity contribution in [2.45, 2.75) is 6.54 Å². The summed E-state index contributed by atoms with van der Waals surface area (Å²) < 4.78 is 1.51. The Morgan fingerprint density at radius 3 is 3.00 bits per heavy atom. The molecule has 0 saturated heterocycles. The zero-order chi connectivity index (χ0) is 12.3. The lowest BCUT2D eigenvalue weighted by Gasteiger charge is -1.99. The zero-order valence-electron chi connectivity index (χ0n) is 8.39. The van der Waals surface area contributed by atoms with Gasteiger partial charge in [-0.25, -0.2) is 9.67 Å². The molecule has 0 bridgehead atoms. The number of anilines is 1. The van der Waals surface area contributed by atoms with E-state index in [0.717, 1.165) is 11.3 Å². The molecule has 0 saturated carbocycles. The van der Waals surface area contributed by atoms with Crippen molar-refractivity contribution in [3.05, 3.63) is 12.5 Å². The number of amides is 1. The molecule has 0 aromatic carbocycles. The highest BCUT2D eigenvalue weighted by atomic mass is 32.1. The Kier molecular flexibility index (Phi) is 3.42. The zero-order valence-corrected chi connectivity index (χ0v) is 9.20. The number of nitrogens with zero attached hydrogens (tertiary/aromatic N) is 5. The summed E-state index contributed by atoms with van der Waals surface area (Å²) in [6, 6.07) is 0. The molecule has 0 fully saturated rings. The normalized spacial score (nSPS) is 10.2. The van der Waals surface area contributed by atoms with E-state index in [9.17, 15) is 4.79 Å². The standard InChI is InChI=1S/C6H7BN6O3S/c14-5(2-13-3-9-11-12-13)10-6-8-1-4(17-6)7(15)16/h1,3,15-16H,2H2,(H,8,10,14). The highest BCUT2D eigenvalue weighted by molar-refractivity contribution is 7.25. The summed E-state index contributed by atoms with van der Waals surface area (Å²) in [5.74, 6) is -0.356. The average molecular weight is 254 g/mol. The van der Waals surface area contributed by atoms with Crippen molar-refractivity contribution in [2.75, 3.05) is 5.32 Å². The number of nitrogens with one attached hydrogen (secondary N) is 1. The van der Waals surface area contributed by atoms with Crippen molar-refractivity contribution in [2.24, 2.45) is 0 Å². The molecule has 3 N–H and O–H groups in total. The van der Waals surface area contributed by atoms with Gasteiger partial charge in [-0.15, -0.1) is 16.4 Å². The Balaban J connectivity index is 1.93. The second-order valence-electron chi connectivity index (χ2n) is 3.00. The van der Waals surface area contributed by atoms with Gasteiger partial charge >= 0.3 is 7.12 Å². The fourth-order valence-corrected chi connectivity index (χ4v) is 1.73. The van der Waals surface area contributed by atoms with Crippen molar-refractivity contribution in [3.63, 3.8) is 0 Å². The van der Waals surface area contributed by atoms with Crippen molar-refractivity contribution in [1.29, 1.82) is 0 Å². The number of rotatable bonds is 4. The second kappa shape index (κ2) is 4.99. The Morgan fingerprint density at radius 1 is 1.59 bits per heavy atom. The Morgan fingerprint density at radius 2 is 2.41 bits per heavy atom. The second-order valence-corrected chi connectivity index (χ2v) is 4.06. The SMILES string of the molecule is O=C(Cn1cnnn1)Nc1ncc(B(O)O)s1. The van der Waals surface area contributed by atoms with Crippen molar-refractivity contribution in [3.8, 4) is 0 Å². The molecule has 0 radical (unpaired) electrons. The lowest BCUT2D eigenvalue weighted by Crippen LogP contribution is -2.26. The van der Waals surface area contributed by atoms with E-state index in [1.165, 1.54) is 17.2 Å². The van der Waals surface area contributed by atoms with Gasteiger partial charge in [-0.05, 0) is 10.4 Å². The molecule has 2 aromatic rings. The summed E-state index contributed by atoms with van der Waals surface area (Å²) in [7, 11) is -1.59. The van der Waals surface area contributed by atoms with Gasteiger partial charge in [0.05, 0.1) is 4.78 Å². The fourth-order valence-electron chi connectivity index (χ4n) is 1.02. The molecule has 1 amide bonds. The third kappa shape index (κ3) is 3.06. The minimum Gasteiger partial charge on any atom is -0.423 e. The first-order valence-electron chi connectivity index (χ1n) is 4.47. The molecule has 0 aliphatic heterocycles. The smallest absolute Gasteiger partial charge is 0.423 e. The molecule has 0 unspecified atom stereocenters. The predicted molar refractivity (Wildman–Crippen MR) is 58.4 cm³/mol. The number of hydrogen-bond donors (Lipinski definition) is 3. The highest BCUT2D eigenvalue weighted by Crippen LogP contribution is 2.08. The van der Waals surface area contributed by atoms with Gasteiger partial charge in [0.25, 0.3) is 0 Å². The van der Waals surface area contributed by atoms with Crippen LogP contribution in [-0.4, -0.2) is 48.3 Å². The molecule has 2 rings (SSSR count). The summed E-state index contributed by atoms with van der Waals surface area (Å²) in [6.45, 7) is -0.0381. The topological polar surface area (TPSA) is 126 Å². The molecule has 2 aromatic heterocycles. The summed E-state index contributed by atoms with van der Waals surface area (Å²) in [5, 5.41) is 30.8. The number of carbonyl (C=O) groups excluding carboxylic acids is 1. The Hall–Kier alpha value is -1.85. The average Bonchev–Trinajstić information content (AvgIpc) is 2.88. The largest absolute Gasteiger partial charge is 0.500 e. The van der Waals surface area contributed by atoms with E-state index in [-0.39, 0.29) is 22.4 Å². The van der Waals surface area contributed by atoms with Gasteiger partial charge in [-0.3, -0.25) is 4.79 Å². The van der Waals surface area contributed by atoms with E-state index < -0.39 is 7.12 Å². The van der Waals surface area contributed by atoms with Crippen LogP contribution >= 0.6 is 11.3 Å². The van der Waals surface area contributed by atoms with Crippen LogP contribution < -0.4 is 10.1 Å². The number of hydrogen-bond acceptors (Lipinski definition) is 8. The van der Waals surface area contributed by atoms with Crippen LogP contribution in [0.15, 0.2) is 12.5 Å². The minimum absolute atomic E-state index is 0.0381. The van der Waals surface area contributed by atoms with Crippen molar-refractivity contribution < 1.29 is 14.8 Å². The molecule has 88 valence electrons. The highest BCUT2D eigenvalue weighted by Gasteiger charge is 2.16. The maximum absolute atomic E-state index is 11.5. The molecule has 2 heterocycles. The van der Waals surface area contributed by atoms with Gasteiger partial charge in [0, 0.05) is 6.20 Å². The summed E-state index contributed by atoms with van der Waals surface area (Å²) in [6.07, 6.45) is 2.59. The third-order valence-corrected chi connectivity index (χ3v) is 2.67. The molecule has 17 heavy (non-hydrogen) atoms. The number of thiazole rings is 1. The quantitative estimate of drug-likeness (QED) is 0.512. The number of tetrazole rings is 1. The molecule has 0 spiro atoms. The van der Waals surface area contributed by atoms with Crippen LogP contribution in [0.1, 0.15) is 0 Å². The van der Waals surface area contributed by atoms with Gasteiger partial charge in [0.2, 0.25) is 5.91 Å². The van der Waals surface area contributed by atoms with Gasteiger partial charge < -0.3 is 15.4 Å². The van der Waals surface area contributed by atoms with Crippen LogP contribution in [0.2, 0.25) is 0 Å². The van der Waals surface area contributed by atoms with Crippen LogP contribution in [-0.2, 0) is 11.3 Å². The number of carbonyl (C=O) groups is 1. The summed E-state index contributed by atoms with van der Waals surface area (Å²) in [5.41, 5.74) is 0. The first-order valence-corrected chi connectivity index (χ1v) is 5.29. The molecular formula is C6H7BN6O3S. The van der Waals surface area contributed by atoms with Crippen molar-refractivity contribution >= 4 is 34.3 Å². The third-order valence-electron chi connectivity index (χ3n) is 1.72. The lowest BCUT2D eigenvalue weighted by molar-refractivity contribution is -0.116. The lowest BCUT2D eigenvalue weighted by atomic mass is 9.91. The minimum atomic E-state index is -1.59. The van der Waals surface area contributed by atoms with Gasteiger partial charge in [0.15, 0.2) is 5.13 Å². The van der Waals surface area contributed by atoms with E-state index in [4.69, 9.17) is 10.0 Å². The van der Waals surface area contributed by atoms with E-state index >= 15 is 0 Å². The molecular weight excluding hydrogens is 247 g/mol. The maximum atomic E-state index is 11.5. The van der Waals surface area contributed by atoms with E-state index in [2.05, 4.69) is 25.8 Å². The van der Waals surface area contributed by atoms with Gasteiger partial charge in [-0.2, -0.15) is 0 Å². The summed E-state index contributed by atoms with van der Waals surface area (Å²) >= 11 is 0.978. The molecule has 9 nitrogen and oxygen atoms in total. The van der Waals surface area contributed by atoms with Gasteiger partial charge in [0.1, 0.15) is 12.9 Å². The van der Waals surface area contributed by atoms with Crippen LogP contribution in [0.5, 0.6) is 0 Å². The Labute approximate surface area is 99.3 Å². The van der Waals surface area contributed by atoms with E-state index in [1.807, 2.05) is 0 Å². The van der Waals surface area contributed by atoms with Gasteiger partial charge in [-0.1, -0.05) is 0 Å². The predicted octanol–water partition coefficient (Wildman–Crippen LogP) is -2.55. The summed E-state index contributed by atoms with van der Waals surface area (Å²) in [4.78, 5) is 15.3. The van der Waals surface area contributed by atoms with Crippen LogP contribution in [0.3, 0.4) is 0 Å². The monoisotopic (exact) mass is 254 g/mol. The molecule has 0 aliphatic carbocycles. The Bertz CT molecular complexity index is 500. The van der Waals surface area contributed by atoms with E-state index in [1.54, 1.807) is 0 Å². The van der Waals surface area contributed by atoms with Crippen LogP contribution in [0, 0.1) is 0 Å². The first kappa shape index (κ1) is 11.6. The molecule has 11 heteroatoms. The van der Waals surface area contributed by atoms with E-state index in [0.29, 0.717) is 0 Å². The maximum Gasteiger partial charge on any atom is 0.500 e.